The average Bonchev–Trinajstić information content (AvgIpc) is 2.83. The third-order valence-electron chi connectivity index (χ3n) is 2.45. The molecule has 80 valence electrons. The number of aliphatic hydroxyl groups excluding tert-OH is 1. The first-order valence-corrected chi connectivity index (χ1v) is 4.90. The van der Waals surface area contributed by atoms with E-state index in [9.17, 15) is 0 Å². The lowest BCUT2D eigenvalue weighted by Gasteiger charge is -2.07. The number of aryl methyl sites for hydroxylation is 3. The van der Waals surface area contributed by atoms with Crippen molar-refractivity contribution in [2.45, 2.75) is 26.6 Å². The van der Waals surface area contributed by atoms with Gasteiger partial charge in [0.05, 0.1) is 0 Å². The molecule has 2 heterocycles. The Balaban J connectivity index is 2.02. The molecule has 1 N–H and O–H groups in total. The molecule has 0 aliphatic heterocycles. The molecule has 0 aromatic carbocycles. The second kappa shape index (κ2) is 4.27. The van der Waals surface area contributed by atoms with E-state index in [4.69, 9.17) is 5.11 Å². The van der Waals surface area contributed by atoms with Crippen molar-refractivity contribution >= 4 is 0 Å². The molecule has 0 atom stereocenters. The van der Waals surface area contributed by atoms with Gasteiger partial charge in [-0.1, -0.05) is 0 Å². The lowest BCUT2D eigenvalue weighted by atomic mass is 10.5. The van der Waals surface area contributed by atoms with Gasteiger partial charge in [0.1, 0.15) is 18.3 Å². The molecule has 0 amide bonds. The molecule has 0 spiro atoms. The highest BCUT2D eigenvalue weighted by Gasteiger charge is 2.01. The van der Waals surface area contributed by atoms with E-state index in [2.05, 4.69) is 14.5 Å². The minimum absolute atomic E-state index is 0.0179. The Morgan fingerprint density at radius 2 is 1.80 bits per heavy atom. The Morgan fingerprint density at radius 1 is 1.13 bits per heavy atom. The van der Waals surface area contributed by atoms with Crippen LogP contribution in [0.1, 0.15) is 11.6 Å². The van der Waals surface area contributed by atoms with E-state index in [-0.39, 0.29) is 6.61 Å². The highest BCUT2D eigenvalue weighted by atomic mass is 16.3. The van der Waals surface area contributed by atoms with Crippen molar-refractivity contribution in [2.24, 2.45) is 0 Å². The van der Waals surface area contributed by atoms with Crippen LogP contribution in [-0.2, 0) is 19.7 Å². The van der Waals surface area contributed by atoms with Crippen molar-refractivity contribution in [3.05, 3.63) is 36.4 Å². The van der Waals surface area contributed by atoms with Gasteiger partial charge in [-0.3, -0.25) is 0 Å². The van der Waals surface area contributed by atoms with Crippen LogP contribution < -0.4 is 0 Å². The van der Waals surface area contributed by atoms with Gasteiger partial charge in [0.2, 0.25) is 0 Å². The van der Waals surface area contributed by atoms with Crippen molar-refractivity contribution in [3.63, 3.8) is 0 Å². The molecule has 0 aliphatic carbocycles. The van der Waals surface area contributed by atoms with E-state index in [1.54, 1.807) is 12.4 Å². The fourth-order valence-electron chi connectivity index (χ4n) is 1.55. The second-order valence-electron chi connectivity index (χ2n) is 3.36. The van der Waals surface area contributed by atoms with Crippen LogP contribution >= 0.6 is 0 Å². The largest absolute Gasteiger partial charge is 0.388 e. The fraction of sp³-hybridized carbons (Fsp3) is 0.400. The topological polar surface area (TPSA) is 55.9 Å². The summed E-state index contributed by atoms with van der Waals surface area (Å²) in [6, 6.07) is 0. The maximum Gasteiger partial charge on any atom is 0.134 e. The summed E-state index contributed by atoms with van der Waals surface area (Å²) in [5.41, 5.74) is 0. The van der Waals surface area contributed by atoms with E-state index < -0.39 is 0 Å². The molecule has 2 aromatic heterocycles. The number of aliphatic hydroxyl groups is 1. The van der Waals surface area contributed by atoms with Gasteiger partial charge in [0, 0.05) is 37.9 Å². The number of rotatable bonds is 4. The van der Waals surface area contributed by atoms with Gasteiger partial charge < -0.3 is 14.2 Å². The number of hydrogen-bond donors (Lipinski definition) is 1. The molecule has 0 fully saturated rings. The summed E-state index contributed by atoms with van der Waals surface area (Å²) in [6.45, 7) is 3.60. The molecule has 15 heavy (non-hydrogen) atoms. The van der Waals surface area contributed by atoms with Gasteiger partial charge in [-0.15, -0.1) is 0 Å². The Kier molecular flexibility index (Phi) is 2.82. The molecular formula is C10H14N4O. The zero-order valence-corrected chi connectivity index (χ0v) is 8.67. The summed E-state index contributed by atoms with van der Waals surface area (Å²) in [4.78, 5) is 8.19. The van der Waals surface area contributed by atoms with Gasteiger partial charge in [-0.25, -0.2) is 9.97 Å². The summed E-state index contributed by atoms with van der Waals surface area (Å²) in [5, 5.41) is 9.02. The first-order valence-electron chi connectivity index (χ1n) is 4.90. The van der Waals surface area contributed by atoms with Gasteiger partial charge in [0.25, 0.3) is 0 Å². The van der Waals surface area contributed by atoms with Crippen LogP contribution in [-0.4, -0.2) is 24.2 Å². The van der Waals surface area contributed by atoms with Crippen LogP contribution in [0, 0.1) is 6.92 Å². The van der Waals surface area contributed by atoms with Gasteiger partial charge >= 0.3 is 0 Å². The number of nitrogens with zero attached hydrogens (tertiary/aromatic N) is 4. The second-order valence-corrected chi connectivity index (χ2v) is 3.36. The average molecular weight is 206 g/mol. The molecule has 5 heteroatoms. The van der Waals surface area contributed by atoms with Gasteiger partial charge in [-0.2, -0.15) is 0 Å². The molecule has 2 aromatic rings. The standard InChI is InChI=1S/C10H14N4O/c1-9-11-2-4-13(9)6-7-14-5-3-12-10(14)8-15/h2-5,15H,6-8H2,1H3. The Bertz CT molecular complexity index is 432. The zero-order valence-electron chi connectivity index (χ0n) is 8.67. The molecule has 2 rings (SSSR count). The molecule has 0 unspecified atom stereocenters. The summed E-state index contributed by atoms with van der Waals surface area (Å²) >= 11 is 0. The highest BCUT2D eigenvalue weighted by molar-refractivity contribution is 4.92. The summed E-state index contributed by atoms with van der Waals surface area (Å²) in [6.07, 6.45) is 7.31. The lowest BCUT2D eigenvalue weighted by molar-refractivity contribution is 0.264. The minimum atomic E-state index is -0.0179. The van der Waals surface area contributed by atoms with Crippen LogP contribution in [0.3, 0.4) is 0 Å². The van der Waals surface area contributed by atoms with E-state index >= 15 is 0 Å². The summed E-state index contributed by atoms with van der Waals surface area (Å²) < 4.78 is 4.01. The van der Waals surface area contributed by atoms with Crippen molar-refractivity contribution in [1.82, 2.24) is 19.1 Å². The van der Waals surface area contributed by atoms with Crippen LogP contribution in [0.4, 0.5) is 0 Å². The normalized spacial score (nSPS) is 10.8. The summed E-state index contributed by atoms with van der Waals surface area (Å²) in [7, 11) is 0. The van der Waals surface area contributed by atoms with Gasteiger partial charge in [0.15, 0.2) is 0 Å². The van der Waals surface area contributed by atoms with Crippen molar-refractivity contribution in [3.8, 4) is 0 Å². The first-order chi connectivity index (χ1) is 7.31. The molecule has 0 aliphatic rings. The first kappa shape index (κ1) is 9.92. The number of hydrogen-bond acceptors (Lipinski definition) is 3. The predicted molar refractivity (Wildman–Crippen MR) is 55.1 cm³/mol. The Morgan fingerprint density at radius 3 is 2.47 bits per heavy atom. The molecule has 0 saturated heterocycles. The molecule has 0 saturated carbocycles. The third-order valence-corrected chi connectivity index (χ3v) is 2.45. The molecule has 0 radical (unpaired) electrons. The quantitative estimate of drug-likeness (QED) is 0.796. The van der Waals surface area contributed by atoms with E-state index in [1.807, 2.05) is 23.9 Å². The van der Waals surface area contributed by atoms with Gasteiger partial charge in [-0.05, 0) is 6.92 Å². The van der Waals surface area contributed by atoms with E-state index in [1.165, 1.54) is 0 Å². The maximum absolute atomic E-state index is 9.02. The number of imidazole rings is 2. The van der Waals surface area contributed by atoms with Crippen molar-refractivity contribution in [2.75, 3.05) is 0 Å². The monoisotopic (exact) mass is 206 g/mol. The molecule has 5 nitrogen and oxygen atoms in total. The van der Waals surface area contributed by atoms with Crippen LogP contribution in [0.2, 0.25) is 0 Å². The lowest BCUT2D eigenvalue weighted by Crippen LogP contribution is -2.10. The number of aromatic nitrogens is 4. The summed E-state index contributed by atoms with van der Waals surface area (Å²) in [5.74, 6) is 1.70. The van der Waals surface area contributed by atoms with Crippen LogP contribution in [0.15, 0.2) is 24.8 Å². The molecule has 0 bridgehead atoms. The van der Waals surface area contributed by atoms with E-state index in [0.29, 0.717) is 5.82 Å². The Hall–Kier alpha value is -1.62. The SMILES string of the molecule is Cc1nccn1CCn1ccnc1CO. The highest BCUT2D eigenvalue weighted by Crippen LogP contribution is 2.00. The van der Waals surface area contributed by atoms with Crippen LogP contribution in [0.5, 0.6) is 0 Å². The fourth-order valence-corrected chi connectivity index (χ4v) is 1.55. The van der Waals surface area contributed by atoms with Crippen molar-refractivity contribution in [1.29, 1.82) is 0 Å². The van der Waals surface area contributed by atoms with Crippen molar-refractivity contribution < 1.29 is 5.11 Å². The zero-order chi connectivity index (χ0) is 10.7. The minimum Gasteiger partial charge on any atom is -0.388 e. The predicted octanol–water partition coefficient (Wildman–Crippen LogP) is 0.581. The third kappa shape index (κ3) is 2.07. The van der Waals surface area contributed by atoms with Crippen LogP contribution in [0.25, 0.3) is 0 Å². The smallest absolute Gasteiger partial charge is 0.134 e. The van der Waals surface area contributed by atoms with E-state index in [0.717, 1.165) is 18.9 Å². The molecular weight excluding hydrogens is 192 g/mol. The Labute approximate surface area is 88.0 Å². The maximum atomic E-state index is 9.02.